The summed E-state index contributed by atoms with van der Waals surface area (Å²) in [5, 5.41) is 1.58. The van der Waals surface area contributed by atoms with Gasteiger partial charge in [-0.25, -0.2) is 18.7 Å². The van der Waals surface area contributed by atoms with Crippen LogP contribution in [0.1, 0.15) is 27.7 Å². The van der Waals surface area contributed by atoms with Gasteiger partial charge in [0.1, 0.15) is 5.82 Å². The number of rotatable bonds is 1. The maximum absolute atomic E-state index is 13.7. The zero-order chi connectivity index (χ0) is 23.3. The Balaban J connectivity index is 0.000000580. The zero-order valence-electron chi connectivity index (χ0n) is 19.6. The second kappa shape index (κ2) is 14.4. The van der Waals surface area contributed by atoms with Crippen LogP contribution in [0.5, 0.6) is 0 Å². The predicted octanol–water partition coefficient (Wildman–Crippen LogP) is 2.16. The molecular formula is C26H27Cl2F3SiZr-2. The second-order valence-electron chi connectivity index (χ2n) is 7.85. The number of allylic oxidation sites excluding steroid dienone is 4. The molecule has 3 aromatic carbocycles. The number of fused-ring (bicyclic) bond motifs is 1. The van der Waals surface area contributed by atoms with E-state index >= 15 is 0 Å². The molecule has 0 spiro atoms. The average molecular weight is 587 g/mol. The van der Waals surface area contributed by atoms with Crippen molar-refractivity contribution < 1.29 is 61.3 Å². The predicted molar refractivity (Wildman–Crippen MR) is 122 cm³/mol. The summed E-state index contributed by atoms with van der Waals surface area (Å²) in [6, 6.07) is 12.3. The second-order valence-corrected chi connectivity index (χ2v) is 17.2. The summed E-state index contributed by atoms with van der Waals surface area (Å²) in [4.78, 5) is 0. The molecule has 0 nitrogen and oxygen atoms in total. The molecule has 3 aromatic rings. The van der Waals surface area contributed by atoms with E-state index < -0.39 is 17.5 Å². The number of hydrogen-bond donors (Lipinski definition) is 0. The quantitative estimate of drug-likeness (QED) is 0.233. The van der Waals surface area contributed by atoms with Gasteiger partial charge in [0.2, 0.25) is 0 Å². The van der Waals surface area contributed by atoms with E-state index in [9.17, 15) is 13.2 Å². The van der Waals surface area contributed by atoms with E-state index in [0.29, 0.717) is 16.9 Å². The molecule has 0 amide bonds. The van der Waals surface area contributed by atoms with E-state index in [1.54, 1.807) is 47.6 Å². The fourth-order valence-electron chi connectivity index (χ4n) is 3.30. The molecular weight excluding hydrogens is 559 g/mol. The third kappa shape index (κ3) is 8.31. The van der Waals surface area contributed by atoms with Gasteiger partial charge in [-0.05, 0) is 12.1 Å². The van der Waals surface area contributed by atoms with Gasteiger partial charge in [0.05, 0.1) is 0 Å². The molecule has 176 valence electrons. The van der Waals surface area contributed by atoms with Crippen LogP contribution in [0, 0.1) is 29.4 Å². The Morgan fingerprint density at radius 3 is 1.97 bits per heavy atom. The first-order chi connectivity index (χ1) is 14.5. The molecule has 1 aliphatic rings. The first kappa shape index (κ1) is 32.0. The maximum Gasteiger partial charge on any atom is 0.159 e. The van der Waals surface area contributed by atoms with Crippen LogP contribution in [0.25, 0.3) is 21.9 Å². The molecule has 0 aromatic heterocycles. The van der Waals surface area contributed by atoms with Crippen LogP contribution in [-0.4, -0.2) is 5.43 Å². The molecule has 0 aliphatic heterocycles. The normalized spacial score (nSPS) is 14.3. The summed E-state index contributed by atoms with van der Waals surface area (Å²) in [6.07, 6.45) is 3.36. The topological polar surface area (TPSA) is 0 Å². The van der Waals surface area contributed by atoms with Crippen molar-refractivity contribution in [1.29, 1.82) is 0 Å². The minimum Gasteiger partial charge on any atom is -1.00 e. The molecule has 0 saturated carbocycles. The van der Waals surface area contributed by atoms with Gasteiger partial charge in [0.15, 0.2) is 11.6 Å². The molecule has 0 heterocycles. The molecule has 4 rings (SSSR count). The standard InChI is InChI=1S/C15H8F3.C9H13.C2H6Si.2ClH.Zr/c16-12-7-8-13(17)15(18)14(12)11-6-5-9-3-1-2-4-10(9)11;1-6-5-7(2)9(4)8(6)3;1-3-2;;;/h1-8H;6H,1-4H3;1-2H3;2*1H;/q2*-1;;;;+2/p-2. The minimum absolute atomic E-state index is 0. The van der Waals surface area contributed by atoms with Gasteiger partial charge in [-0.15, -0.1) is 53.6 Å². The Morgan fingerprint density at radius 2 is 1.48 bits per heavy atom. The van der Waals surface area contributed by atoms with Crippen molar-refractivity contribution in [2.75, 3.05) is 0 Å². The third-order valence-electron chi connectivity index (χ3n) is 5.23. The molecule has 0 radical (unpaired) electrons. The summed E-state index contributed by atoms with van der Waals surface area (Å²) >= 11 is 1.74. The zero-order valence-corrected chi connectivity index (χ0v) is 24.6. The molecule has 0 saturated heterocycles. The molecule has 1 unspecified atom stereocenters. The minimum atomic E-state index is -1.15. The molecule has 7 heteroatoms. The van der Waals surface area contributed by atoms with Crippen molar-refractivity contribution in [1.82, 2.24) is 0 Å². The first-order valence-corrected chi connectivity index (χ1v) is 16.3. The Kier molecular flexibility index (Phi) is 14.0. The van der Waals surface area contributed by atoms with E-state index in [2.05, 4.69) is 46.9 Å². The van der Waals surface area contributed by atoms with Crippen molar-refractivity contribution in [3.63, 3.8) is 0 Å². The first-order valence-electron chi connectivity index (χ1n) is 10.1. The Morgan fingerprint density at radius 1 is 0.939 bits per heavy atom. The van der Waals surface area contributed by atoms with E-state index in [1.165, 1.54) is 16.7 Å². The van der Waals surface area contributed by atoms with Gasteiger partial charge in [0.25, 0.3) is 0 Å². The Hall–Kier alpha value is -1.00. The summed E-state index contributed by atoms with van der Waals surface area (Å²) in [5.41, 5.74) is 4.52. The number of hydrogen-bond acceptors (Lipinski definition) is 0. The van der Waals surface area contributed by atoms with Crippen LogP contribution in [0.15, 0.2) is 65.3 Å². The van der Waals surface area contributed by atoms with Crippen molar-refractivity contribution in [3.8, 4) is 11.1 Å². The Labute approximate surface area is 222 Å². The van der Waals surface area contributed by atoms with Crippen LogP contribution in [0.2, 0.25) is 13.1 Å². The van der Waals surface area contributed by atoms with Gasteiger partial charge >= 0.3 is 41.9 Å². The fraction of sp³-hybridized carbons (Fsp3) is 0.269. The largest absolute Gasteiger partial charge is 1.00 e. The summed E-state index contributed by atoms with van der Waals surface area (Å²) in [7, 11) is 0. The van der Waals surface area contributed by atoms with E-state index in [1.807, 2.05) is 12.1 Å². The van der Waals surface area contributed by atoms with Crippen molar-refractivity contribution in [2.45, 2.75) is 40.8 Å². The van der Waals surface area contributed by atoms with Crippen LogP contribution in [-0.2, 0) is 23.3 Å². The van der Waals surface area contributed by atoms with E-state index in [-0.39, 0.29) is 35.8 Å². The van der Waals surface area contributed by atoms with Crippen LogP contribution in [0.4, 0.5) is 13.2 Å². The van der Waals surface area contributed by atoms with E-state index in [0.717, 1.165) is 17.5 Å². The van der Waals surface area contributed by atoms with Crippen LogP contribution in [0.3, 0.4) is 0 Å². The van der Waals surface area contributed by atoms with Crippen molar-refractivity contribution in [3.05, 3.63) is 88.8 Å². The van der Waals surface area contributed by atoms with Crippen LogP contribution >= 0.6 is 0 Å². The molecule has 33 heavy (non-hydrogen) atoms. The van der Waals surface area contributed by atoms with Crippen molar-refractivity contribution >= 4 is 16.2 Å². The van der Waals surface area contributed by atoms with Gasteiger partial charge in [-0.2, -0.15) is 11.1 Å². The number of benzene rings is 2. The van der Waals surface area contributed by atoms with Crippen molar-refractivity contribution in [2.24, 2.45) is 5.92 Å². The van der Waals surface area contributed by atoms with Gasteiger partial charge in [-0.3, -0.25) is 6.08 Å². The van der Waals surface area contributed by atoms with E-state index in [4.69, 9.17) is 0 Å². The van der Waals surface area contributed by atoms with Gasteiger partial charge in [-0.1, -0.05) is 32.8 Å². The molecule has 1 atom stereocenters. The Bertz CT molecular complexity index is 1160. The summed E-state index contributed by atoms with van der Waals surface area (Å²) in [5.74, 6) is -2.39. The fourth-order valence-corrected chi connectivity index (χ4v) is 3.30. The molecule has 0 bridgehead atoms. The molecule has 1 aliphatic carbocycles. The van der Waals surface area contributed by atoms with Gasteiger partial charge in [0, 0.05) is 5.56 Å². The smallest absolute Gasteiger partial charge is 0.159 e. The average Bonchev–Trinajstić information content (AvgIpc) is 3.22. The molecule has 0 fully saturated rings. The number of halogens is 5. The van der Waals surface area contributed by atoms with Crippen LogP contribution < -0.4 is 24.8 Å². The molecule has 0 N–H and O–H groups in total. The van der Waals surface area contributed by atoms with Gasteiger partial charge < -0.3 is 24.8 Å². The summed E-state index contributed by atoms with van der Waals surface area (Å²) < 4.78 is 40.7. The summed E-state index contributed by atoms with van der Waals surface area (Å²) in [6.45, 7) is 13.3. The monoisotopic (exact) mass is 584 g/mol. The SMILES string of the molecule is CC1=[C-]C(C)C(C)=C1C.C[Si](C)=[Zr+2].Fc1ccc(F)c(-c2c[cH-]c3ccccc23)c1F.[Cl-].[Cl-]. The third-order valence-corrected chi connectivity index (χ3v) is 5.23. The maximum atomic E-state index is 13.7.